The highest BCUT2D eigenvalue weighted by Gasteiger charge is 1.95. The Labute approximate surface area is 154 Å². The summed E-state index contributed by atoms with van der Waals surface area (Å²) in [4.78, 5) is 0. The third-order valence-corrected chi connectivity index (χ3v) is 5.35. The van der Waals surface area contributed by atoms with E-state index >= 15 is 0 Å². The van der Waals surface area contributed by atoms with Crippen LogP contribution in [0, 0.1) is 0 Å². The van der Waals surface area contributed by atoms with Crippen molar-refractivity contribution in [3.8, 4) is 0 Å². The largest absolute Gasteiger partial charge is 0.358 e. The molecular formula is C23H50N+. The molecule has 0 saturated heterocycles. The molecule has 1 nitrogen and oxygen atoms in total. The highest BCUT2D eigenvalue weighted by molar-refractivity contribution is 4.50. The summed E-state index contributed by atoms with van der Waals surface area (Å²) in [6, 6.07) is 0. The molecule has 0 aromatic rings. The number of unbranched alkanes of at least 4 members (excludes halogenated alkanes) is 20. The first-order valence-corrected chi connectivity index (χ1v) is 11.7. The van der Waals surface area contributed by atoms with Crippen molar-refractivity contribution in [2.75, 3.05) is 6.54 Å². The van der Waals surface area contributed by atoms with E-state index in [1.165, 1.54) is 135 Å². The van der Waals surface area contributed by atoms with Gasteiger partial charge in [-0.05, 0) is 12.8 Å². The summed E-state index contributed by atoms with van der Waals surface area (Å²) in [7, 11) is 0. The minimum atomic E-state index is 1.12. The van der Waals surface area contributed by atoms with Gasteiger partial charge in [-0.1, -0.05) is 129 Å². The molecule has 0 fully saturated rings. The zero-order valence-corrected chi connectivity index (χ0v) is 17.3. The number of quaternary nitrogens is 1. The summed E-state index contributed by atoms with van der Waals surface area (Å²) in [5.41, 5.74) is 3.91. The lowest BCUT2D eigenvalue weighted by Gasteiger charge is -2.04. The van der Waals surface area contributed by atoms with E-state index in [0.29, 0.717) is 0 Å². The van der Waals surface area contributed by atoms with E-state index in [1.54, 1.807) is 0 Å². The first-order valence-electron chi connectivity index (χ1n) is 11.7. The van der Waals surface area contributed by atoms with Crippen LogP contribution in [0.1, 0.15) is 142 Å². The van der Waals surface area contributed by atoms with E-state index in [-0.39, 0.29) is 0 Å². The van der Waals surface area contributed by atoms with E-state index in [9.17, 15) is 0 Å². The molecule has 24 heavy (non-hydrogen) atoms. The minimum absolute atomic E-state index is 1.12. The predicted molar refractivity (Wildman–Crippen MR) is 110 cm³/mol. The zero-order valence-electron chi connectivity index (χ0n) is 17.3. The van der Waals surface area contributed by atoms with Crippen LogP contribution in [0.5, 0.6) is 0 Å². The van der Waals surface area contributed by atoms with Gasteiger partial charge in [0.05, 0.1) is 6.54 Å². The van der Waals surface area contributed by atoms with Gasteiger partial charge in [0.2, 0.25) is 0 Å². The molecule has 0 rings (SSSR count). The molecule has 0 bridgehead atoms. The van der Waals surface area contributed by atoms with Crippen molar-refractivity contribution in [3.63, 3.8) is 0 Å². The van der Waals surface area contributed by atoms with Gasteiger partial charge in [-0.15, -0.1) is 0 Å². The van der Waals surface area contributed by atoms with E-state index in [1.807, 2.05) is 0 Å². The number of hydrogen-bond acceptors (Lipinski definition) is 0. The first kappa shape index (κ1) is 24.0. The van der Waals surface area contributed by atoms with Gasteiger partial charge in [-0.25, -0.2) is 0 Å². The molecule has 0 heterocycles. The van der Waals surface area contributed by atoms with E-state index in [2.05, 4.69) is 12.7 Å². The van der Waals surface area contributed by atoms with Gasteiger partial charge in [-0.2, -0.15) is 0 Å². The number of rotatable bonds is 21. The molecule has 0 amide bonds. The van der Waals surface area contributed by atoms with Crippen molar-refractivity contribution in [2.24, 2.45) is 0 Å². The molecular weight excluding hydrogens is 290 g/mol. The predicted octanol–water partition coefficient (Wildman–Crippen LogP) is 7.44. The molecule has 0 unspecified atom stereocenters. The van der Waals surface area contributed by atoms with Crippen LogP contribution in [0.4, 0.5) is 0 Å². The van der Waals surface area contributed by atoms with Crippen LogP contribution in [-0.4, -0.2) is 6.54 Å². The van der Waals surface area contributed by atoms with Crippen molar-refractivity contribution in [1.82, 2.24) is 0 Å². The second-order valence-electron chi connectivity index (χ2n) is 7.92. The molecule has 0 aliphatic rings. The summed E-state index contributed by atoms with van der Waals surface area (Å²) in [6.45, 7) is 3.42. The third-order valence-electron chi connectivity index (χ3n) is 5.35. The minimum Gasteiger partial charge on any atom is -0.358 e. The lowest BCUT2D eigenvalue weighted by molar-refractivity contribution is -0.368. The van der Waals surface area contributed by atoms with Gasteiger partial charge in [-0.3, -0.25) is 0 Å². The Morgan fingerprint density at radius 3 is 0.750 bits per heavy atom. The Hall–Kier alpha value is -0.0400. The van der Waals surface area contributed by atoms with Crippen LogP contribution in [0.25, 0.3) is 0 Å². The zero-order chi connectivity index (χ0) is 17.6. The molecule has 146 valence electrons. The van der Waals surface area contributed by atoms with Crippen molar-refractivity contribution in [1.29, 1.82) is 0 Å². The maximum Gasteiger partial charge on any atom is 0.0739 e. The lowest BCUT2D eigenvalue weighted by Crippen LogP contribution is -2.50. The van der Waals surface area contributed by atoms with Gasteiger partial charge < -0.3 is 5.73 Å². The fraction of sp³-hybridized carbons (Fsp3) is 1.00. The normalized spacial score (nSPS) is 11.2. The third kappa shape index (κ3) is 22.0. The van der Waals surface area contributed by atoms with Crippen molar-refractivity contribution >= 4 is 0 Å². The molecule has 0 aliphatic carbocycles. The smallest absolute Gasteiger partial charge is 0.0739 e. The fourth-order valence-corrected chi connectivity index (χ4v) is 3.61. The van der Waals surface area contributed by atoms with Gasteiger partial charge in [0, 0.05) is 0 Å². The van der Waals surface area contributed by atoms with Gasteiger partial charge in [0.1, 0.15) is 0 Å². The van der Waals surface area contributed by atoms with Gasteiger partial charge >= 0.3 is 0 Å². The van der Waals surface area contributed by atoms with Crippen LogP contribution in [0.15, 0.2) is 0 Å². The average Bonchev–Trinajstić information content (AvgIpc) is 2.60. The highest BCUT2D eigenvalue weighted by atomic mass is 14.5. The van der Waals surface area contributed by atoms with Crippen LogP contribution in [-0.2, 0) is 0 Å². The Morgan fingerprint density at radius 1 is 0.333 bits per heavy atom. The molecule has 0 aromatic carbocycles. The highest BCUT2D eigenvalue weighted by Crippen LogP contribution is 2.14. The monoisotopic (exact) mass is 340 g/mol. The molecule has 3 N–H and O–H groups in total. The van der Waals surface area contributed by atoms with Crippen LogP contribution in [0.3, 0.4) is 0 Å². The second-order valence-corrected chi connectivity index (χ2v) is 7.92. The van der Waals surface area contributed by atoms with E-state index in [4.69, 9.17) is 0 Å². The molecule has 1 heteroatoms. The summed E-state index contributed by atoms with van der Waals surface area (Å²) < 4.78 is 0. The lowest BCUT2D eigenvalue weighted by atomic mass is 10.0. The SMILES string of the molecule is CCCCCCCCCCCCCCCCCCCCCCC[NH3+]. The van der Waals surface area contributed by atoms with Gasteiger partial charge in [0.15, 0.2) is 0 Å². The quantitative estimate of drug-likeness (QED) is 0.210. The molecule has 0 saturated carbocycles. The molecule has 0 aromatic heterocycles. The summed E-state index contributed by atoms with van der Waals surface area (Å²) in [6.07, 6.45) is 30.7. The number of hydrogen-bond donors (Lipinski definition) is 1. The first-order chi connectivity index (χ1) is 11.9. The van der Waals surface area contributed by atoms with Crippen molar-refractivity contribution in [2.45, 2.75) is 142 Å². The molecule has 0 spiro atoms. The van der Waals surface area contributed by atoms with Crippen molar-refractivity contribution in [3.05, 3.63) is 0 Å². The Bertz CT molecular complexity index is 180. The van der Waals surface area contributed by atoms with Gasteiger partial charge in [0.25, 0.3) is 0 Å². The van der Waals surface area contributed by atoms with E-state index in [0.717, 1.165) is 6.54 Å². The van der Waals surface area contributed by atoms with Crippen LogP contribution < -0.4 is 5.73 Å². The maximum atomic E-state index is 3.91. The van der Waals surface area contributed by atoms with Crippen LogP contribution in [0.2, 0.25) is 0 Å². The Kier molecular flexibility index (Phi) is 22.9. The second kappa shape index (κ2) is 23.0. The molecule has 0 aliphatic heterocycles. The summed E-state index contributed by atoms with van der Waals surface area (Å²) >= 11 is 0. The fourth-order valence-electron chi connectivity index (χ4n) is 3.61. The standard InChI is InChI=1S/C23H49N/c1-2-3-4-5-6-7-8-9-10-11-12-13-14-15-16-17-18-19-20-21-22-23-24/h2-24H2,1H3/p+1. The summed E-state index contributed by atoms with van der Waals surface area (Å²) in [5, 5.41) is 0. The molecule has 0 radical (unpaired) electrons. The van der Waals surface area contributed by atoms with Crippen LogP contribution >= 0.6 is 0 Å². The Balaban J connectivity index is 2.93. The summed E-state index contributed by atoms with van der Waals surface area (Å²) in [5.74, 6) is 0. The van der Waals surface area contributed by atoms with Crippen molar-refractivity contribution < 1.29 is 5.73 Å². The topological polar surface area (TPSA) is 27.6 Å². The average molecular weight is 341 g/mol. The maximum absolute atomic E-state index is 3.91. The molecule has 0 atom stereocenters. The van der Waals surface area contributed by atoms with E-state index < -0.39 is 0 Å². The Morgan fingerprint density at radius 2 is 0.542 bits per heavy atom.